The summed E-state index contributed by atoms with van der Waals surface area (Å²) in [4.78, 5) is 10.2. The number of amides is 1. The molecular weight excluding hydrogens is 160 g/mol. The third-order valence-electron chi connectivity index (χ3n) is 0.493. The van der Waals surface area contributed by atoms with Crippen molar-refractivity contribution in [3.8, 4) is 0 Å². The van der Waals surface area contributed by atoms with Crippen molar-refractivity contribution in [2.45, 2.75) is 6.92 Å². The molecule has 0 aromatic heterocycles. The maximum absolute atomic E-state index is 10.2. The third-order valence-corrected chi connectivity index (χ3v) is 0.929. The fraction of sp³-hybridized carbons (Fsp3) is 0.667. The molecule has 10 heavy (non-hydrogen) atoms. The van der Waals surface area contributed by atoms with Gasteiger partial charge in [-0.2, -0.15) is 8.42 Å². The van der Waals surface area contributed by atoms with Crippen LogP contribution in [0.15, 0.2) is 0 Å². The van der Waals surface area contributed by atoms with E-state index in [9.17, 15) is 13.2 Å². The van der Waals surface area contributed by atoms with Crippen LogP contribution in [0.2, 0.25) is 0 Å². The van der Waals surface area contributed by atoms with E-state index in [1.165, 1.54) is 11.6 Å². The monoisotopic (exact) mass is 167 g/mol. The highest BCUT2D eigenvalue weighted by Gasteiger charge is 2.08. The minimum atomic E-state index is -4.22. The number of nitrogens with one attached hydrogen (secondary N) is 2. The number of carbonyl (C=O) groups is 1. The van der Waals surface area contributed by atoms with Gasteiger partial charge in [0.1, 0.15) is 0 Å². The van der Waals surface area contributed by atoms with Gasteiger partial charge in [0.15, 0.2) is 0 Å². The smallest absolute Gasteiger partial charge is 0.421 e. The molecule has 0 bridgehead atoms. The molecule has 0 atom stereocenters. The summed E-state index contributed by atoms with van der Waals surface area (Å²) < 4.78 is 25.4. The second-order valence-electron chi connectivity index (χ2n) is 1.33. The maximum Gasteiger partial charge on any atom is 0.421 e. The lowest BCUT2D eigenvalue weighted by molar-refractivity contribution is 0.158. The summed E-state index contributed by atoms with van der Waals surface area (Å²) in [6.07, 6.45) is -1.13. The van der Waals surface area contributed by atoms with Crippen molar-refractivity contribution >= 4 is 16.3 Å². The zero-order valence-electron chi connectivity index (χ0n) is 5.25. The Hall–Kier alpha value is -0.820. The largest absolute Gasteiger partial charge is 0.449 e. The molecule has 0 aliphatic rings. The summed E-state index contributed by atoms with van der Waals surface area (Å²) in [5.74, 6) is 0. The van der Waals surface area contributed by atoms with Crippen LogP contribution in [0, 0.1) is 0 Å². The van der Waals surface area contributed by atoms with Gasteiger partial charge in [-0.05, 0) is 6.92 Å². The van der Waals surface area contributed by atoms with E-state index in [0.717, 1.165) is 0 Å². The lowest BCUT2D eigenvalue weighted by Crippen LogP contribution is -2.31. The predicted octanol–water partition coefficient (Wildman–Crippen LogP) is -0.740. The van der Waals surface area contributed by atoms with E-state index in [2.05, 4.69) is 4.74 Å². The Kier molecular flexibility index (Phi) is 3.10. The zero-order valence-corrected chi connectivity index (χ0v) is 6.06. The Balaban J connectivity index is 3.82. The van der Waals surface area contributed by atoms with Gasteiger partial charge < -0.3 is 4.74 Å². The van der Waals surface area contributed by atoms with Crippen molar-refractivity contribution in [2.75, 3.05) is 6.61 Å². The van der Waals surface area contributed by atoms with E-state index in [-0.39, 0.29) is 6.61 Å². The second-order valence-corrected chi connectivity index (χ2v) is 2.54. The molecule has 0 rings (SSSR count). The topological polar surface area (TPSA) is 96.3 Å². The van der Waals surface area contributed by atoms with Crippen LogP contribution in [0.4, 0.5) is 4.79 Å². The normalized spacial score (nSPS) is 10.6. The predicted molar refractivity (Wildman–Crippen MR) is 32.2 cm³/mol. The molecule has 0 fully saturated rings. The lowest BCUT2D eigenvalue weighted by Gasteiger charge is -1.99. The van der Waals surface area contributed by atoms with E-state index in [1.54, 1.807) is 0 Å². The molecule has 59 valence electrons. The van der Waals surface area contributed by atoms with Crippen LogP contribution < -0.4 is 9.86 Å². The quantitative estimate of drug-likeness (QED) is 0.585. The van der Waals surface area contributed by atoms with Crippen molar-refractivity contribution in [2.24, 2.45) is 0 Å². The molecule has 7 heteroatoms. The summed E-state index contributed by atoms with van der Waals surface area (Å²) in [6, 6.07) is 0. The highest BCUT2D eigenvalue weighted by atomic mass is 32.2. The first-order valence-corrected chi connectivity index (χ1v) is 3.88. The third kappa shape index (κ3) is 5.32. The summed E-state index contributed by atoms with van der Waals surface area (Å²) in [7, 11) is -4.22. The Morgan fingerprint density at radius 3 is 2.50 bits per heavy atom. The molecule has 0 heterocycles. The molecule has 0 unspecified atom stereocenters. The van der Waals surface area contributed by atoms with Gasteiger partial charge in [0.25, 0.3) is 0 Å². The van der Waals surface area contributed by atoms with E-state index in [4.69, 9.17) is 5.14 Å². The van der Waals surface area contributed by atoms with Crippen LogP contribution in [0.5, 0.6) is 0 Å². The van der Waals surface area contributed by atoms with Gasteiger partial charge in [0.2, 0.25) is 0 Å². The molecule has 0 aromatic carbocycles. The number of carbonyl (C=O) groups excluding carboxylic acids is 1. The van der Waals surface area contributed by atoms with Crippen LogP contribution in [0.1, 0.15) is 6.92 Å². The van der Waals surface area contributed by atoms with Gasteiger partial charge in [-0.25, -0.2) is 9.52 Å². The van der Waals surface area contributed by atoms with Gasteiger partial charge in [0.05, 0.1) is 6.61 Å². The lowest BCUT2D eigenvalue weighted by atomic mass is 10.9. The molecule has 0 aliphatic heterocycles. The Morgan fingerprint density at radius 2 is 2.20 bits per heavy atom. The first kappa shape index (κ1) is 9.18. The summed E-state index contributed by atoms with van der Waals surface area (Å²) >= 11 is 0. The van der Waals surface area contributed by atoms with Crippen molar-refractivity contribution in [1.29, 1.82) is 0 Å². The molecule has 1 radical (unpaired) electrons. The molecule has 0 spiro atoms. The van der Waals surface area contributed by atoms with E-state index in [0.29, 0.717) is 0 Å². The standard InChI is InChI=1S/C3H7N2O4S/c1-2-9-3(6)5-10(4,7)8/h4H,2H2,1H3,(H,5,6). The Labute approximate surface area is 58.5 Å². The van der Waals surface area contributed by atoms with Crippen LogP contribution in [0.25, 0.3) is 0 Å². The van der Waals surface area contributed by atoms with E-state index in [1.807, 2.05) is 0 Å². The van der Waals surface area contributed by atoms with Crippen molar-refractivity contribution < 1.29 is 17.9 Å². The van der Waals surface area contributed by atoms with Gasteiger partial charge in [0, 0.05) is 0 Å². The van der Waals surface area contributed by atoms with Crippen LogP contribution in [-0.4, -0.2) is 21.1 Å². The molecule has 0 aromatic rings. The highest BCUT2D eigenvalue weighted by molar-refractivity contribution is 7.87. The van der Waals surface area contributed by atoms with Crippen molar-refractivity contribution in [1.82, 2.24) is 9.86 Å². The Bertz CT molecular complexity index is 209. The molecule has 0 aliphatic carbocycles. The molecular formula is C3H7N2O4S. The molecule has 2 N–H and O–H groups in total. The fourth-order valence-corrected chi connectivity index (χ4v) is 0.549. The maximum atomic E-state index is 10.2. The van der Waals surface area contributed by atoms with Crippen molar-refractivity contribution in [3.05, 3.63) is 0 Å². The van der Waals surface area contributed by atoms with Gasteiger partial charge in [-0.15, -0.1) is 5.14 Å². The Morgan fingerprint density at radius 1 is 1.70 bits per heavy atom. The molecule has 1 amide bonds. The first-order chi connectivity index (χ1) is 4.45. The second kappa shape index (κ2) is 3.37. The SMILES string of the molecule is CCOC(=O)NS([NH])(=O)=O. The number of rotatable bonds is 2. The number of hydrogen-bond donors (Lipinski definition) is 1. The molecule has 0 saturated carbocycles. The minimum Gasteiger partial charge on any atom is -0.449 e. The first-order valence-electron chi connectivity index (χ1n) is 2.40. The van der Waals surface area contributed by atoms with Crippen LogP contribution >= 0.6 is 0 Å². The summed E-state index contributed by atoms with van der Waals surface area (Å²) in [6.45, 7) is 1.59. The average Bonchev–Trinajstić information content (AvgIpc) is 1.59. The van der Waals surface area contributed by atoms with E-state index >= 15 is 0 Å². The van der Waals surface area contributed by atoms with Crippen LogP contribution in [0.3, 0.4) is 0 Å². The van der Waals surface area contributed by atoms with Gasteiger partial charge in [-0.3, -0.25) is 0 Å². The molecule has 0 saturated heterocycles. The molecule has 6 nitrogen and oxygen atoms in total. The average molecular weight is 167 g/mol. The van der Waals surface area contributed by atoms with Crippen molar-refractivity contribution in [3.63, 3.8) is 0 Å². The van der Waals surface area contributed by atoms with Gasteiger partial charge >= 0.3 is 16.3 Å². The number of hydrogen-bond acceptors (Lipinski definition) is 4. The summed E-state index contributed by atoms with van der Waals surface area (Å²) in [5.41, 5.74) is 0. The van der Waals surface area contributed by atoms with Gasteiger partial charge in [-0.1, -0.05) is 0 Å². The number of ether oxygens (including phenoxy) is 1. The fourth-order valence-electron chi connectivity index (χ4n) is 0.270. The zero-order chi connectivity index (χ0) is 8.20. The van der Waals surface area contributed by atoms with Crippen LogP contribution in [-0.2, 0) is 14.9 Å². The minimum absolute atomic E-state index is 0.0708. The summed E-state index contributed by atoms with van der Waals surface area (Å²) in [5, 5.41) is 6.20. The van der Waals surface area contributed by atoms with E-state index < -0.39 is 16.3 Å². The highest BCUT2D eigenvalue weighted by Crippen LogP contribution is 1.78.